The lowest BCUT2D eigenvalue weighted by Crippen LogP contribution is -2.25. The highest BCUT2D eigenvalue weighted by Crippen LogP contribution is 2.21. The van der Waals surface area contributed by atoms with Crippen LogP contribution in [0.25, 0.3) is 0 Å². The van der Waals surface area contributed by atoms with Crippen molar-refractivity contribution in [2.24, 2.45) is 0 Å². The van der Waals surface area contributed by atoms with Crippen LogP contribution in [0.3, 0.4) is 0 Å². The van der Waals surface area contributed by atoms with E-state index < -0.39 is 10.0 Å². The maximum Gasteiger partial charge on any atom is 0.211 e. The Labute approximate surface area is 106 Å². The SMILES string of the molecule is CCO[C@@H](C)c1nc(CN(C)S(C)(=O)=O)cs1. The number of hydrogen-bond donors (Lipinski definition) is 0. The molecule has 1 rings (SSSR count). The minimum absolute atomic E-state index is 0.0395. The van der Waals surface area contributed by atoms with E-state index in [1.54, 1.807) is 7.05 Å². The summed E-state index contributed by atoms with van der Waals surface area (Å²) in [5, 5.41) is 2.75. The maximum absolute atomic E-state index is 11.3. The Balaban J connectivity index is 2.69. The Morgan fingerprint density at radius 1 is 1.59 bits per heavy atom. The van der Waals surface area contributed by atoms with Gasteiger partial charge in [0.05, 0.1) is 18.5 Å². The number of ether oxygens (including phenoxy) is 1. The molecule has 5 nitrogen and oxygen atoms in total. The second-order valence-electron chi connectivity index (χ2n) is 3.79. The van der Waals surface area contributed by atoms with E-state index in [0.29, 0.717) is 13.2 Å². The van der Waals surface area contributed by atoms with Gasteiger partial charge in [0.1, 0.15) is 11.1 Å². The largest absolute Gasteiger partial charge is 0.372 e. The number of rotatable bonds is 6. The summed E-state index contributed by atoms with van der Waals surface area (Å²) in [7, 11) is -1.61. The second-order valence-corrected chi connectivity index (χ2v) is 6.77. The molecule has 1 aromatic heterocycles. The number of aromatic nitrogens is 1. The van der Waals surface area contributed by atoms with E-state index in [0.717, 1.165) is 10.7 Å². The lowest BCUT2D eigenvalue weighted by Gasteiger charge is -2.12. The Morgan fingerprint density at radius 2 is 2.24 bits per heavy atom. The predicted octanol–water partition coefficient (Wildman–Crippen LogP) is 1.63. The molecule has 17 heavy (non-hydrogen) atoms. The Hall–Kier alpha value is -0.500. The molecule has 0 radical (unpaired) electrons. The molecule has 0 aliphatic carbocycles. The van der Waals surface area contributed by atoms with Crippen LogP contribution in [0.5, 0.6) is 0 Å². The van der Waals surface area contributed by atoms with E-state index in [4.69, 9.17) is 4.74 Å². The molecule has 7 heteroatoms. The fourth-order valence-electron chi connectivity index (χ4n) is 1.25. The smallest absolute Gasteiger partial charge is 0.211 e. The molecule has 0 amide bonds. The zero-order valence-electron chi connectivity index (χ0n) is 10.5. The van der Waals surface area contributed by atoms with Gasteiger partial charge in [-0.25, -0.2) is 13.4 Å². The van der Waals surface area contributed by atoms with Crippen molar-refractivity contribution in [3.8, 4) is 0 Å². The number of thiazole rings is 1. The number of hydrogen-bond acceptors (Lipinski definition) is 5. The summed E-state index contributed by atoms with van der Waals surface area (Å²) in [5.41, 5.74) is 0.754. The lowest BCUT2D eigenvalue weighted by atomic mass is 10.4. The molecule has 0 unspecified atom stereocenters. The molecule has 1 aromatic rings. The maximum atomic E-state index is 11.3. The van der Waals surface area contributed by atoms with Gasteiger partial charge < -0.3 is 4.74 Å². The van der Waals surface area contributed by atoms with E-state index in [-0.39, 0.29) is 6.10 Å². The average Bonchev–Trinajstić information content (AvgIpc) is 2.65. The summed E-state index contributed by atoms with van der Waals surface area (Å²) < 4.78 is 29.2. The van der Waals surface area contributed by atoms with Gasteiger partial charge in [-0.05, 0) is 13.8 Å². The summed E-state index contributed by atoms with van der Waals surface area (Å²) in [6.07, 6.45) is 1.14. The van der Waals surface area contributed by atoms with Crippen molar-refractivity contribution in [3.05, 3.63) is 16.1 Å². The molecule has 0 aliphatic rings. The third kappa shape index (κ3) is 4.34. The van der Waals surface area contributed by atoms with Crippen LogP contribution in [0.4, 0.5) is 0 Å². The van der Waals surface area contributed by atoms with E-state index in [9.17, 15) is 8.42 Å². The molecule has 0 aromatic carbocycles. The first-order chi connectivity index (χ1) is 7.84. The zero-order chi connectivity index (χ0) is 13.1. The van der Waals surface area contributed by atoms with Gasteiger partial charge in [-0.2, -0.15) is 4.31 Å². The topological polar surface area (TPSA) is 59.5 Å². The van der Waals surface area contributed by atoms with Gasteiger partial charge in [0, 0.05) is 19.0 Å². The van der Waals surface area contributed by atoms with Gasteiger partial charge in [-0.3, -0.25) is 0 Å². The van der Waals surface area contributed by atoms with E-state index in [1.807, 2.05) is 19.2 Å². The van der Waals surface area contributed by atoms with Crippen molar-refractivity contribution in [3.63, 3.8) is 0 Å². The number of nitrogens with zero attached hydrogens (tertiary/aromatic N) is 2. The molecule has 0 spiro atoms. The molecule has 0 saturated heterocycles. The molecule has 0 bridgehead atoms. The number of sulfonamides is 1. The first-order valence-electron chi connectivity index (χ1n) is 5.31. The summed E-state index contributed by atoms with van der Waals surface area (Å²) in [6.45, 7) is 4.81. The Bertz CT molecular complexity index is 456. The van der Waals surface area contributed by atoms with Gasteiger partial charge in [0.2, 0.25) is 10.0 Å². The zero-order valence-corrected chi connectivity index (χ0v) is 12.1. The van der Waals surface area contributed by atoms with Crippen LogP contribution < -0.4 is 0 Å². The van der Waals surface area contributed by atoms with Gasteiger partial charge in [-0.15, -0.1) is 11.3 Å². The normalized spacial score (nSPS) is 14.2. The van der Waals surface area contributed by atoms with Crippen molar-refractivity contribution < 1.29 is 13.2 Å². The first-order valence-corrected chi connectivity index (χ1v) is 8.04. The molecule has 0 aliphatic heterocycles. The predicted molar refractivity (Wildman–Crippen MR) is 68.5 cm³/mol. The molecule has 0 fully saturated rings. The Kier molecular flexibility index (Phi) is 5.05. The van der Waals surface area contributed by atoms with Crippen molar-refractivity contribution >= 4 is 21.4 Å². The van der Waals surface area contributed by atoms with Gasteiger partial charge >= 0.3 is 0 Å². The highest BCUT2D eigenvalue weighted by Gasteiger charge is 2.15. The van der Waals surface area contributed by atoms with E-state index >= 15 is 0 Å². The lowest BCUT2D eigenvalue weighted by molar-refractivity contribution is 0.0760. The summed E-state index contributed by atoms with van der Waals surface area (Å²) in [6, 6.07) is 0. The van der Waals surface area contributed by atoms with Crippen LogP contribution in [0, 0.1) is 0 Å². The molecular formula is C10H18N2O3S2. The van der Waals surface area contributed by atoms with Gasteiger partial charge in [0.15, 0.2) is 0 Å². The standard InChI is InChI=1S/C10H18N2O3S2/c1-5-15-8(2)10-11-9(7-16-10)6-12(3)17(4,13)14/h7-8H,5-6H2,1-4H3/t8-/m0/s1. The Morgan fingerprint density at radius 3 is 2.76 bits per heavy atom. The third-order valence-corrected chi connectivity index (χ3v) is 4.60. The molecular weight excluding hydrogens is 260 g/mol. The minimum Gasteiger partial charge on any atom is -0.372 e. The van der Waals surface area contributed by atoms with Crippen molar-refractivity contribution in [2.45, 2.75) is 26.5 Å². The fourth-order valence-corrected chi connectivity index (χ4v) is 2.43. The molecule has 98 valence electrons. The monoisotopic (exact) mass is 278 g/mol. The van der Waals surface area contributed by atoms with Gasteiger partial charge in [0.25, 0.3) is 0 Å². The van der Waals surface area contributed by atoms with Crippen LogP contribution >= 0.6 is 11.3 Å². The molecule has 0 N–H and O–H groups in total. The quantitative estimate of drug-likeness (QED) is 0.793. The van der Waals surface area contributed by atoms with E-state index in [1.165, 1.54) is 21.9 Å². The van der Waals surface area contributed by atoms with E-state index in [2.05, 4.69) is 4.98 Å². The molecule has 0 saturated carbocycles. The van der Waals surface area contributed by atoms with Crippen LogP contribution in [0.1, 0.15) is 30.7 Å². The van der Waals surface area contributed by atoms with Crippen molar-refractivity contribution in [2.75, 3.05) is 19.9 Å². The van der Waals surface area contributed by atoms with Gasteiger partial charge in [-0.1, -0.05) is 0 Å². The minimum atomic E-state index is -3.16. The van der Waals surface area contributed by atoms with Crippen molar-refractivity contribution in [1.82, 2.24) is 9.29 Å². The average molecular weight is 278 g/mol. The summed E-state index contributed by atoms with van der Waals surface area (Å²) in [5.74, 6) is 0. The van der Waals surface area contributed by atoms with Crippen LogP contribution in [-0.2, 0) is 21.3 Å². The molecule has 1 atom stereocenters. The first kappa shape index (κ1) is 14.6. The van der Waals surface area contributed by atoms with Crippen LogP contribution in [0.15, 0.2) is 5.38 Å². The molecule has 1 heterocycles. The summed E-state index contributed by atoms with van der Waals surface area (Å²) >= 11 is 1.49. The third-order valence-electron chi connectivity index (χ3n) is 2.28. The highest BCUT2D eigenvalue weighted by atomic mass is 32.2. The summed E-state index contributed by atoms with van der Waals surface area (Å²) in [4.78, 5) is 4.37. The highest BCUT2D eigenvalue weighted by molar-refractivity contribution is 7.88. The van der Waals surface area contributed by atoms with Crippen molar-refractivity contribution in [1.29, 1.82) is 0 Å². The van der Waals surface area contributed by atoms with Crippen LogP contribution in [0.2, 0.25) is 0 Å². The van der Waals surface area contributed by atoms with Crippen LogP contribution in [-0.4, -0.2) is 37.6 Å². The second kappa shape index (κ2) is 5.90. The fraction of sp³-hybridized carbons (Fsp3) is 0.700.